The number of hydrogen-bond acceptors (Lipinski definition) is 10. The maximum Gasteiger partial charge on any atom is 0.138 e. The van der Waals surface area contributed by atoms with Gasteiger partial charge in [0.15, 0.2) is 0 Å². The van der Waals surface area contributed by atoms with E-state index >= 15 is 0 Å². The van der Waals surface area contributed by atoms with Crippen LogP contribution in [0.15, 0.2) is 243 Å². The SMILES string of the molecule is CCCc1ccc(-c2ccc(OCC)cc2)c2c(OCC)cccc12.CCCc1ccc(OCC)c2c(OCC)cccc12.CCCc1cccc2c(C)ccc(CCC)c12.CCOc1ccc(-c2ccc(C)c3cccc(OCC)c23)cc1.CCOc1cccc2c(C)c3ccccc3c(OCC)c12.CCOc1cccc2c(C)ccc(OCC)c12. The van der Waals surface area contributed by atoms with Gasteiger partial charge in [0.25, 0.3) is 0 Å². The monoisotopic (exact) mass is 1630 g/mol. The molecule has 0 aromatic heterocycles. The number of ether oxygens (including phenoxy) is 10. The number of aryl methyl sites for hydroxylation is 8. The summed E-state index contributed by atoms with van der Waals surface area (Å²) in [7, 11) is 0. The molecule has 122 heavy (non-hydrogen) atoms. The number of benzene rings is 15. The minimum Gasteiger partial charge on any atom is -0.494 e. The highest BCUT2D eigenvalue weighted by Gasteiger charge is 2.20. The lowest BCUT2D eigenvalue weighted by Gasteiger charge is -2.17. The molecule has 10 heteroatoms. The van der Waals surface area contributed by atoms with E-state index in [-0.39, 0.29) is 0 Å². The van der Waals surface area contributed by atoms with Gasteiger partial charge in [-0.25, -0.2) is 0 Å². The summed E-state index contributed by atoms with van der Waals surface area (Å²) < 4.78 is 57.6. The second-order valence-electron chi connectivity index (χ2n) is 30.0. The summed E-state index contributed by atoms with van der Waals surface area (Å²) >= 11 is 0. The van der Waals surface area contributed by atoms with Gasteiger partial charge in [-0.1, -0.05) is 229 Å². The van der Waals surface area contributed by atoms with Crippen molar-refractivity contribution in [2.45, 2.75) is 176 Å². The molecular formula is C112H130O10. The van der Waals surface area contributed by atoms with Crippen LogP contribution in [0.3, 0.4) is 0 Å². The van der Waals surface area contributed by atoms with Crippen molar-refractivity contribution < 1.29 is 47.4 Å². The molecule has 15 rings (SSSR count). The van der Waals surface area contributed by atoms with Crippen LogP contribution in [0.1, 0.15) is 167 Å². The molecule has 0 aliphatic carbocycles. The predicted molar refractivity (Wildman–Crippen MR) is 519 cm³/mol. The first-order chi connectivity index (χ1) is 59.7. The number of hydrogen-bond donors (Lipinski definition) is 0. The van der Waals surface area contributed by atoms with Crippen molar-refractivity contribution in [3.05, 3.63) is 287 Å². The summed E-state index contributed by atoms with van der Waals surface area (Å²) in [4.78, 5) is 0. The molecule has 10 nitrogen and oxygen atoms in total. The second kappa shape index (κ2) is 47.4. The predicted octanol–water partition coefficient (Wildman–Crippen LogP) is 30.6. The topological polar surface area (TPSA) is 92.3 Å². The minimum atomic E-state index is 0.641. The fourth-order valence-electron chi connectivity index (χ4n) is 16.3. The van der Waals surface area contributed by atoms with E-state index in [9.17, 15) is 0 Å². The van der Waals surface area contributed by atoms with E-state index in [1.165, 1.54) is 146 Å². The Morgan fingerprint density at radius 3 is 0.918 bits per heavy atom. The fourth-order valence-corrected chi connectivity index (χ4v) is 16.3. The van der Waals surface area contributed by atoms with Crippen LogP contribution in [-0.4, -0.2) is 66.1 Å². The zero-order valence-electron chi connectivity index (χ0n) is 75.9. The van der Waals surface area contributed by atoms with Crippen molar-refractivity contribution in [3.8, 4) is 79.7 Å². The quantitative estimate of drug-likeness (QED) is 0.0405. The first kappa shape index (κ1) is 92.4. The zero-order chi connectivity index (χ0) is 86.9. The van der Waals surface area contributed by atoms with Crippen molar-refractivity contribution in [2.75, 3.05) is 66.1 Å². The molecule has 0 bridgehead atoms. The molecule has 0 N–H and O–H groups in total. The van der Waals surface area contributed by atoms with Crippen molar-refractivity contribution in [3.63, 3.8) is 0 Å². The molecule has 0 aliphatic heterocycles. The molecule has 15 aromatic rings. The van der Waals surface area contributed by atoms with Gasteiger partial charge in [0.1, 0.15) is 57.5 Å². The van der Waals surface area contributed by atoms with Crippen molar-refractivity contribution in [1.29, 1.82) is 0 Å². The molecule has 0 aliphatic rings. The summed E-state index contributed by atoms with van der Waals surface area (Å²) in [5.74, 6) is 9.17. The van der Waals surface area contributed by atoms with Crippen LogP contribution >= 0.6 is 0 Å². The van der Waals surface area contributed by atoms with Crippen molar-refractivity contribution >= 4 is 75.4 Å². The maximum absolute atomic E-state index is 5.99. The van der Waals surface area contributed by atoms with Gasteiger partial charge in [-0.15, -0.1) is 0 Å². The van der Waals surface area contributed by atoms with E-state index < -0.39 is 0 Å². The van der Waals surface area contributed by atoms with Gasteiger partial charge in [-0.05, 0) is 299 Å². The third-order valence-electron chi connectivity index (χ3n) is 21.6. The van der Waals surface area contributed by atoms with Gasteiger partial charge < -0.3 is 47.4 Å². The Labute approximate surface area is 727 Å². The van der Waals surface area contributed by atoms with E-state index in [1.807, 2.05) is 136 Å². The van der Waals surface area contributed by atoms with E-state index in [4.69, 9.17) is 47.4 Å². The summed E-state index contributed by atoms with van der Waals surface area (Å²) in [6.45, 7) is 44.3. The molecule has 0 radical (unpaired) electrons. The second-order valence-corrected chi connectivity index (χ2v) is 30.0. The Morgan fingerprint density at radius 2 is 0.475 bits per heavy atom. The third kappa shape index (κ3) is 22.6. The van der Waals surface area contributed by atoms with Crippen LogP contribution in [0, 0.1) is 27.7 Å². The largest absolute Gasteiger partial charge is 0.494 e. The molecule has 15 aromatic carbocycles. The summed E-state index contributed by atoms with van der Waals surface area (Å²) in [6, 6.07) is 84.7. The van der Waals surface area contributed by atoms with E-state index in [1.54, 1.807) is 0 Å². The molecule has 0 unspecified atom stereocenters. The van der Waals surface area contributed by atoms with Gasteiger partial charge in [0.2, 0.25) is 0 Å². The van der Waals surface area contributed by atoms with Crippen LogP contribution in [-0.2, 0) is 25.7 Å². The Hall–Kier alpha value is -11.9. The Bertz CT molecular complexity index is 5710. The molecular weight excluding hydrogens is 1510 g/mol. The van der Waals surface area contributed by atoms with Gasteiger partial charge in [-0.2, -0.15) is 0 Å². The highest BCUT2D eigenvalue weighted by molar-refractivity contribution is 6.11. The van der Waals surface area contributed by atoms with Crippen LogP contribution in [0.25, 0.3) is 97.7 Å². The van der Waals surface area contributed by atoms with Crippen LogP contribution < -0.4 is 47.4 Å². The average molecular weight is 1640 g/mol. The van der Waals surface area contributed by atoms with E-state index in [0.717, 1.165) is 105 Å². The highest BCUT2D eigenvalue weighted by atomic mass is 16.5. The fraction of sp³-hybridized carbons (Fsp3) is 0.321. The molecule has 0 fully saturated rings. The van der Waals surface area contributed by atoms with Gasteiger partial charge in [0.05, 0.1) is 82.2 Å². The standard InChI is InChI=1S/C23H26O2.C21H22O2.C19H20O2.C17H22O2.C17H22.C15H18O2/c1-4-8-17-13-16-21(18-11-14-19(15-12-18)24-5-2)23-20(17)9-7-10-22(23)25-6-3;1-4-22-17-12-10-16(11-13-17)19-14-9-15(3)18-7-6-8-20(21(18)19)23-5-2;1-4-20-17-12-8-11-15-13(3)14-9-6-7-10-16(14)19(18(15)17)21-5-2;1-4-8-13-11-12-16(19-6-3)17-14(13)9-7-10-15(17)18-5-2;1-4-7-14-9-6-10-16-13(3)11-12-15(8-5-2)17(14)16;1-4-16-13-8-6-7-12-11(3)9-10-14(15(12)13)17-5-2/h7,9-16H,4-6,8H2,1-3H3;6-14H,4-5H2,1-3H3;6-12H,4-5H2,1-3H3;7,9-12H,4-6,8H2,1-3H3;6,9-12H,4-5,7-8H2,1-3H3;6-10H,4-5H2,1-3H3. The summed E-state index contributed by atoms with van der Waals surface area (Å²) in [5, 5.41) is 17.2. The molecule has 0 saturated carbocycles. The first-order valence-corrected chi connectivity index (χ1v) is 44.7. The molecule has 0 spiro atoms. The normalized spacial score (nSPS) is 10.8. The first-order valence-electron chi connectivity index (χ1n) is 44.7. The third-order valence-corrected chi connectivity index (χ3v) is 21.6. The zero-order valence-corrected chi connectivity index (χ0v) is 75.9. The minimum absolute atomic E-state index is 0.641. The Balaban J connectivity index is 0.000000154. The Kier molecular flexibility index (Phi) is 35.9. The highest BCUT2D eigenvalue weighted by Crippen LogP contribution is 2.45. The van der Waals surface area contributed by atoms with E-state index in [0.29, 0.717) is 66.1 Å². The molecule has 0 heterocycles. The van der Waals surface area contributed by atoms with Crippen molar-refractivity contribution in [2.24, 2.45) is 0 Å². The van der Waals surface area contributed by atoms with Gasteiger partial charge in [-0.3, -0.25) is 0 Å². The summed E-state index contributed by atoms with van der Waals surface area (Å²) in [6.07, 6.45) is 9.26. The summed E-state index contributed by atoms with van der Waals surface area (Å²) in [5.41, 5.74) is 15.7. The molecule has 0 saturated heterocycles. The van der Waals surface area contributed by atoms with Gasteiger partial charge in [0, 0.05) is 16.2 Å². The van der Waals surface area contributed by atoms with Gasteiger partial charge >= 0.3 is 0 Å². The van der Waals surface area contributed by atoms with Crippen molar-refractivity contribution in [1.82, 2.24) is 0 Å². The van der Waals surface area contributed by atoms with E-state index in [2.05, 4.69) is 231 Å². The molecule has 0 atom stereocenters. The Morgan fingerprint density at radius 1 is 0.189 bits per heavy atom. The van der Waals surface area contributed by atoms with Crippen LogP contribution in [0.2, 0.25) is 0 Å². The lowest BCUT2D eigenvalue weighted by atomic mass is 9.92. The number of fused-ring (bicyclic) bond motifs is 7. The number of rotatable bonds is 30. The van der Waals surface area contributed by atoms with Crippen LogP contribution in [0.5, 0.6) is 57.5 Å². The molecule has 638 valence electrons. The average Bonchev–Trinajstić information content (AvgIpc) is 0.739. The molecule has 0 amide bonds. The maximum atomic E-state index is 5.99. The van der Waals surface area contributed by atoms with Crippen LogP contribution in [0.4, 0.5) is 0 Å². The smallest absolute Gasteiger partial charge is 0.138 e. The lowest BCUT2D eigenvalue weighted by Crippen LogP contribution is -1.99. The lowest BCUT2D eigenvalue weighted by molar-refractivity contribution is 0.331.